The predicted octanol–water partition coefficient (Wildman–Crippen LogP) is 2.43. The Kier molecular flexibility index (Phi) is 4.10. The highest BCUT2D eigenvalue weighted by Gasteiger charge is 2.23. The minimum atomic E-state index is -3.99. The van der Waals surface area contributed by atoms with Gasteiger partial charge in [0.25, 0.3) is 0 Å². The summed E-state index contributed by atoms with van der Waals surface area (Å²) in [7, 11) is -3.99. The number of benzene rings is 1. The van der Waals surface area contributed by atoms with Gasteiger partial charge in [0.1, 0.15) is 16.5 Å². The third kappa shape index (κ3) is 3.67. The van der Waals surface area contributed by atoms with Crippen molar-refractivity contribution in [2.24, 2.45) is 11.1 Å². The zero-order valence-corrected chi connectivity index (χ0v) is 11.6. The van der Waals surface area contributed by atoms with E-state index in [4.69, 9.17) is 9.88 Å². The fourth-order valence-corrected chi connectivity index (χ4v) is 3.14. The molecule has 0 radical (unpaired) electrons. The first-order valence-corrected chi connectivity index (χ1v) is 7.90. The van der Waals surface area contributed by atoms with Gasteiger partial charge in [-0.2, -0.15) is 0 Å². The van der Waals surface area contributed by atoms with Crippen LogP contribution in [0.4, 0.5) is 4.39 Å². The molecule has 0 amide bonds. The van der Waals surface area contributed by atoms with Crippen LogP contribution in [-0.4, -0.2) is 14.5 Å². The van der Waals surface area contributed by atoms with Crippen molar-refractivity contribution in [2.75, 3.05) is 0 Å². The number of nitrogens with two attached hydrogens (primary N) is 1. The van der Waals surface area contributed by atoms with Crippen LogP contribution in [0.5, 0.6) is 5.75 Å². The summed E-state index contributed by atoms with van der Waals surface area (Å²) < 4.78 is 41.7. The van der Waals surface area contributed by atoms with E-state index in [2.05, 4.69) is 6.92 Å². The van der Waals surface area contributed by atoms with E-state index in [-0.39, 0.29) is 16.7 Å². The van der Waals surface area contributed by atoms with Crippen LogP contribution in [0.1, 0.15) is 32.6 Å². The lowest BCUT2D eigenvalue weighted by Gasteiger charge is -2.28. The maximum Gasteiger partial charge on any atom is 0.241 e. The summed E-state index contributed by atoms with van der Waals surface area (Å²) in [6, 6.07) is 3.40. The van der Waals surface area contributed by atoms with Crippen LogP contribution < -0.4 is 9.88 Å². The van der Waals surface area contributed by atoms with Gasteiger partial charge in [0.05, 0.1) is 6.10 Å². The molecule has 1 saturated carbocycles. The van der Waals surface area contributed by atoms with Crippen LogP contribution in [0.15, 0.2) is 23.1 Å². The van der Waals surface area contributed by atoms with Gasteiger partial charge in [0.15, 0.2) is 0 Å². The molecule has 1 aromatic carbocycles. The van der Waals surface area contributed by atoms with E-state index in [0.29, 0.717) is 5.92 Å². The van der Waals surface area contributed by atoms with Crippen LogP contribution in [-0.2, 0) is 10.0 Å². The molecule has 0 spiro atoms. The third-order valence-electron chi connectivity index (χ3n) is 3.39. The molecule has 0 heterocycles. The Hall–Kier alpha value is -1.14. The van der Waals surface area contributed by atoms with Crippen LogP contribution in [0.25, 0.3) is 0 Å². The summed E-state index contributed by atoms with van der Waals surface area (Å²) in [5.74, 6) is 0.0496. The van der Waals surface area contributed by atoms with Gasteiger partial charge in [-0.25, -0.2) is 17.9 Å². The smallest absolute Gasteiger partial charge is 0.241 e. The van der Waals surface area contributed by atoms with E-state index in [0.717, 1.165) is 31.7 Å². The maximum atomic E-state index is 13.1. The first-order valence-electron chi connectivity index (χ1n) is 6.35. The van der Waals surface area contributed by atoms with Crippen molar-refractivity contribution in [3.05, 3.63) is 24.0 Å². The Bertz CT molecular complexity index is 559. The second kappa shape index (κ2) is 5.46. The van der Waals surface area contributed by atoms with E-state index in [1.54, 1.807) is 0 Å². The molecule has 0 bridgehead atoms. The molecule has 1 aromatic rings. The van der Waals surface area contributed by atoms with Gasteiger partial charge >= 0.3 is 0 Å². The molecule has 6 heteroatoms. The number of sulfonamides is 1. The van der Waals surface area contributed by atoms with Crippen LogP contribution >= 0.6 is 0 Å². The van der Waals surface area contributed by atoms with Gasteiger partial charge in [0.2, 0.25) is 10.0 Å². The van der Waals surface area contributed by atoms with Gasteiger partial charge < -0.3 is 4.74 Å². The summed E-state index contributed by atoms with van der Waals surface area (Å²) in [4.78, 5) is -0.286. The van der Waals surface area contributed by atoms with Gasteiger partial charge in [0, 0.05) is 0 Å². The fraction of sp³-hybridized carbons (Fsp3) is 0.538. The monoisotopic (exact) mass is 287 g/mol. The van der Waals surface area contributed by atoms with E-state index < -0.39 is 15.8 Å². The van der Waals surface area contributed by atoms with Crippen LogP contribution in [0.3, 0.4) is 0 Å². The largest absolute Gasteiger partial charge is 0.489 e. The molecule has 0 aliphatic heterocycles. The molecule has 0 aromatic heterocycles. The Labute approximate surface area is 112 Å². The first kappa shape index (κ1) is 14.3. The van der Waals surface area contributed by atoms with Gasteiger partial charge in [-0.3, -0.25) is 0 Å². The van der Waals surface area contributed by atoms with Crippen molar-refractivity contribution in [1.29, 1.82) is 0 Å². The van der Waals surface area contributed by atoms with Gasteiger partial charge in [-0.1, -0.05) is 13.3 Å². The van der Waals surface area contributed by atoms with E-state index >= 15 is 0 Å². The lowest BCUT2D eigenvalue weighted by molar-refractivity contribution is 0.125. The van der Waals surface area contributed by atoms with E-state index in [1.165, 1.54) is 12.1 Å². The molecule has 1 fully saturated rings. The highest BCUT2D eigenvalue weighted by Crippen LogP contribution is 2.30. The van der Waals surface area contributed by atoms with Gasteiger partial charge in [-0.15, -0.1) is 0 Å². The van der Waals surface area contributed by atoms with Crippen molar-refractivity contribution >= 4 is 10.0 Å². The Morgan fingerprint density at radius 1 is 1.37 bits per heavy atom. The van der Waals surface area contributed by atoms with Gasteiger partial charge in [-0.05, 0) is 43.4 Å². The molecule has 19 heavy (non-hydrogen) atoms. The topological polar surface area (TPSA) is 69.4 Å². The Morgan fingerprint density at radius 3 is 2.74 bits per heavy atom. The van der Waals surface area contributed by atoms with Crippen LogP contribution in [0, 0.1) is 11.7 Å². The molecule has 2 unspecified atom stereocenters. The van der Waals surface area contributed by atoms with E-state index in [9.17, 15) is 12.8 Å². The van der Waals surface area contributed by atoms with Crippen molar-refractivity contribution in [2.45, 2.75) is 43.6 Å². The molecular weight excluding hydrogens is 269 g/mol. The minimum Gasteiger partial charge on any atom is -0.489 e. The highest BCUT2D eigenvalue weighted by molar-refractivity contribution is 7.89. The number of rotatable bonds is 3. The Morgan fingerprint density at radius 2 is 2.11 bits per heavy atom. The second-order valence-electron chi connectivity index (χ2n) is 5.15. The second-order valence-corrected chi connectivity index (χ2v) is 6.68. The average molecular weight is 287 g/mol. The quantitative estimate of drug-likeness (QED) is 0.928. The zero-order chi connectivity index (χ0) is 14.0. The lowest BCUT2D eigenvalue weighted by atomic mass is 9.89. The number of halogens is 1. The normalized spacial score (nSPS) is 24.2. The third-order valence-corrected chi connectivity index (χ3v) is 4.33. The number of hydrogen-bond acceptors (Lipinski definition) is 3. The van der Waals surface area contributed by atoms with Crippen molar-refractivity contribution in [3.63, 3.8) is 0 Å². The number of ether oxygens (including phenoxy) is 1. The molecule has 2 N–H and O–H groups in total. The Balaban J connectivity index is 2.25. The highest BCUT2D eigenvalue weighted by atomic mass is 32.2. The molecule has 1 aliphatic rings. The molecule has 2 atom stereocenters. The molecule has 1 aliphatic carbocycles. The maximum absolute atomic E-state index is 13.1. The SMILES string of the molecule is CC1CCCC(Oc2ccc(F)cc2S(N)(=O)=O)C1. The summed E-state index contributed by atoms with van der Waals surface area (Å²) in [5.41, 5.74) is 0. The summed E-state index contributed by atoms with van der Waals surface area (Å²) in [6.07, 6.45) is 3.94. The van der Waals surface area contributed by atoms with Crippen molar-refractivity contribution < 1.29 is 17.5 Å². The standard InChI is InChI=1S/C13H18FNO3S/c1-9-3-2-4-11(7-9)18-12-6-5-10(14)8-13(12)19(15,16)17/h5-6,8-9,11H,2-4,7H2,1H3,(H2,15,16,17). The van der Waals surface area contributed by atoms with Crippen molar-refractivity contribution in [1.82, 2.24) is 0 Å². The molecule has 0 saturated heterocycles. The number of hydrogen-bond donors (Lipinski definition) is 1. The molecular formula is C13H18FNO3S. The molecule has 106 valence electrons. The summed E-state index contributed by atoms with van der Waals surface area (Å²) in [6.45, 7) is 2.14. The zero-order valence-electron chi connectivity index (χ0n) is 10.8. The average Bonchev–Trinajstić information content (AvgIpc) is 2.30. The fourth-order valence-electron chi connectivity index (χ4n) is 2.47. The first-order chi connectivity index (χ1) is 8.86. The molecule has 4 nitrogen and oxygen atoms in total. The lowest BCUT2D eigenvalue weighted by Crippen LogP contribution is -2.25. The summed E-state index contributed by atoms with van der Waals surface area (Å²) >= 11 is 0. The number of primary sulfonamides is 1. The predicted molar refractivity (Wildman–Crippen MR) is 69.8 cm³/mol. The van der Waals surface area contributed by atoms with E-state index in [1.807, 2.05) is 0 Å². The molecule has 2 rings (SSSR count). The van der Waals surface area contributed by atoms with Crippen LogP contribution in [0.2, 0.25) is 0 Å². The summed E-state index contributed by atoms with van der Waals surface area (Å²) in [5, 5.41) is 5.08. The van der Waals surface area contributed by atoms with Crippen molar-refractivity contribution in [3.8, 4) is 5.75 Å². The minimum absolute atomic E-state index is 0.0327.